The van der Waals surface area contributed by atoms with Gasteiger partial charge in [-0.1, -0.05) is 78.9 Å². The van der Waals surface area contributed by atoms with Crippen LogP contribution < -0.4 is 5.32 Å². The highest BCUT2D eigenvalue weighted by molar-refractivity contribution is 5.84. The van der Waals surface area contributed by atoms with Crippen molar-refractivity contribution in [2.75, 3.05) is 40.3 Å². The zero-order valence-electron chi connectivity index (χ0n) is 22.4. The van der Waals surface area contributed by atoms with Gasteiger partial charge in [0.25, 0.3) is 0 Å². The molecule has 8 nitrogen and oxygen atoms in total. The largest absolute Gasteiger partial charge is 0.334 e. The fraction of sp³-hybridized carbons (Fsp3) is 0.300. The van der Waals surface area contributed by atoms with Crippen LogP contribution in [0, 0.1) is 5.82 Å². The number of aldehydes is 1. The van der Waals surface area contributed by atoms with Crippen LogP contribution in [0.5, 0.6) is 0 Å². The Labute approximate surface area is 229 Å². The number of hydrogen-bond donors (Lipinski definition) is 1. The summed E-state index contributed by atoms with van der Waals surface area (Å²) in [5.74, 6) is -0.494. The average molecular weight is 534 g/mol. The Morgan fingerprint density at radius 3 is 2.15 bits per heavy atom. The molecule has 1 saturated heterocycles. The Balaban J connectivity index is 0.000000617. The lowest BCUT2D eigenvalue weighted by atomic mass is 10.1. The molecule has 0 spiro atoms. The monoisotopic (exact) mass is 533 g/mol. The molecule has 1 aliphatic heterocycles. The lowest BCUT2D eigenvalue weighted by Crippen LogP contribution is -2.69. The van der Waals surface area contributed by atoms with E-state index in [4.69, 9.17) is 0 Å². The van der Waals surface area contributed by atoms with Gasteiger partial charge in [0.1, 0.15) is 18.3 Å². The van der Waals surface area contributed by atoms with Crippen molar-refractivity contribution in [1.29, 1.82) is 0 Å². The van der Waals surface area contributed by atoms with Gasteiger partial charge in [0.05, 0.1) is 13.1 Å². The van der Waals surface area contributed by atoms with Crippen molar-refractivity contribution in [3.05, 3.63) is 108 Å². The second-order valence-corrected chi connectivity index (χ2v) is 9.29. The van der Waals surface area contributed by atoms with Crippen molar-refractivity contribution in [3.63, 3.8) is 0 Å². The van der Waals surface area contributed by atoms with Gasteiger partial charge in [-0.15, -0.1) is 0 Å². The van der Waals surface area contributed by atoms with Crippen LogP contribution in [0.4, 0.5) is 9.18 Å². The smallest absolute Gasteiger partial charge is 0.333 e. The first-order chi connectivity index (χ1) is 18.9. The summed E-state index contributed by atoms with van der Waals surface area (Å²) >= 11 is 0. The number of amides is 3. The molecule has 0 aromatic heterocycles. The van der Waals surface area contributed by atoms with Crippen molar-refractivity contribution in [2.24, 2.45) is 0 Å². The summed E-state index contributed by atoms with van der Waals surface area (Å²) in [6, 6.07) is 27.5. The quantitative estimate of drug-likeness (QED) is 0.427. The van der Waals surface area contributed by atoms with Crippen molar-refractivity contribution in [3.8, 4) is 0 Å². The fourth-order valence-electron chi connectivity index (χ4n) is 4.24. The average Bonchev–Trinajstić information content (AvgIpc) is 2.95. The molecular weight excluding hydrogens is 497 g/mol. The van der Waals surface area contributed by atoms with E-state index in [2.05, 4.69) is 5.32 Å². The van der Waals surface area contributed by atoms with E-state index < -0.39 is 6.17 Å². The van der Waals surface area contributed by atoms with Gasteiger partial charge in [-0.05, 0) is 36.7 Å². The van der Waals surface area contributed by atoms with E-state index in [-0.39, 0.29) is 30.8 Å². The second-order valence-electron chi connectivity index (χ2n) is 9.29. The minimum Gasteiger partial charge on any atom is -0.333 e. The molecule has 1 aliphatic rings. The number of nitrogens with zero attached hydrogens (tertiary/aromatic N) is 4. The summed E-state index contributed by atoms with van der Waals surface area (Å²) in [5.41, 5.74) is 1.95. The molecule has 206 valence electrons. The molecule has 0 saturated carbocycles. The second kappa shape index (κ2) is 15.4. The first-order valence-electron chi connectivity index (χ1n) is 12.9. The van der Waals surface area contributed by atoms with Crippen LogP contribution in [0.25, 0.3) is 0 Å². The highest BCUT2D eigenvalue weighted by Gasteiger charge is 2.40. The lowest BCUT2D eigenvalue weighted by molar-refractivity contribution is -0.165. The Kier molecular flexibility index (Phi) is 11.6. The topological polar surface area (TPSA) is 76.2 Å². The number of hydrogen-bond acceptors (Lipinski definition) is 5. The van der Waals surface area contributed by atoms with Gasteiger partial charge < -0.3 is 19.9 Å². The molecule has 0 radical (unpaired) electrons. The van der Waals surface area contributed by atoms with E-state index in [1.54, 1.807) is 24.2 Å². The molecule has 3 aromatic rings. The molecule has 1 unspecified atom stereocenters. The fourth-order valence-corrected chi connectivity index (χ4v) is 4.24. The SMILES string of the molecule is CN(CCc1ccc(F)cc1)CC1N(CC=O)C(=O)CN(C)N1C(=O)NCc1ccccc1.c1ccccc1. The molecule has 39 heavy (non-hydrogen) atoms. The maximum atomic E-state index is 13.1. The third kappa shape index (κ3) is 9.31. The summed E-state index contributed by atoms with van der Waals surface area (Å²) in [4.78, 5) is 40.5. The zero-order chi connectivity index (χ0) is 28.0. The van der Waals surface area contributed by atoms with Crippen LogP contribution in [0.3, 0.4) is 0 Å². The standard InChI is InChI=1S/C24H30FN5O3.C6H6/c1-27(13-12-19-8-10-21(25)11-9-19)17-22-29(14-15-31)23(32)18-28(2)30(22)24(33)26-16-20-6-4-3-5-7-20;1-2-4-6-5-3-1/h3-11,15,22H,12-14,16-18H2,1-2H3,(H,26,33);1-6H. The van der Waals surface area contributed by atoms with E-state index in [0.717, 1.165) is 11.1 Å². The Bertz CT molecular complexity index is 1140. The van der Waals surface area contributed by atoms with Crippen molar-refractivity contribution in [2.45, 2.75) is 19.1 Å². The number of urea groups is 1. The van der Waals surface area contributed by atoms with E-state index >= 15 is 0 Å². The van der Waals surface area contributed by atoms with Crippen LogP contribution in [0.15, 0.2) is 91.0 Å². The van der Waals surface area contributed by atoms with Crippen molar-refractivity contribution >= 4 is 18.2 Å². The predicted octanol–water partition coefficient (Wildman–Crippen LogP) is 3.41. The first-order valence-corrected chi connectivity index (χ1v) is 12.9. The van der Waals surface area contributed by atoms with Gasteiger partial charge in [-0.2, -0.15) is 0 Å². The Morgan fingerprint density at radius 2 is 1.56 bits per heavy atom. The molecule has 4 rings (SSSR count). The van der Waals surface area contributed by atoms with Crippen LogP contribution in [-0.2, 0) is 22.6 Å². The van der Waals surface area contributed by atoms with Crippen molar-refractivity contribution in [1.82, 2.24) is 25.1 Å². The molecule has 3 aromatic carbocycles. The van der Waals surface area contributed by atoms with E-state index in [1.165, 1.54) is 22.0 Å². The molecule has 1 N–H and O–H groups in total. The minimum atomic E-state index is -0.643. The molecule has 1 heterocycles. The highest BCUT2D eigenvalue weighted by Crippen LogP contribution is 2.17. The highest BCUT2D eigenvalue weighted by atomic mass is 19.1. The Morgan fingerprint density at radius 1 is 0.974 bits per heavy atom. The summed E-state index contributed by atoms with van der Waals surface area (Å²) in [5, 5.41) is 6.00. The Hall–Kier alpha value is -4.08. The first kappa shape index (κ1) is 29.5. The molecule has 1 atom stereocenters. The van der Waals surface area contributed by atoms with Crippen LogP contribution >= 0.6 is 0 Å². The summed E-state index contributed by atoms with van der Waals surface area (Å²) in [6.07, 6.45) is 0.714. The third-order valence-electron chi connectivity index (χ3n) is 6.30. The molecular formula is C30H36FN5O3. The minimum absolute atomic E-state index is 0.00237. The van der Waals surface area contributed by atoms with Crippen LogP contribution in [-0.4, -0.2) is 84.5 Å². The predicted molar refractivity (Wildman–Crippen MR) is 149 cm³/mol. The van der Waals surface area contributed by atoms with Crippen LogP contribution in [0.2, 0.25) is 0 Å². The number of hydrazine groups is 1. The molecule has 1 fully saturated rings. The normalized spacial score (nSPS) is 15.5. The van der Waals surface area contributed by atoms with E-state index in [9.17, 15) is 18.8 Å². The summed E-state index contributed by atoms with van der Waals surface area (Å²) in [7, 11) is 3.57. The molecule has 0 bridgehead atoms. The number of benzene rings is 3. The van der Waals surface area contributed by atoms with Gasteiger partial charge >= 0.3 is 6.03 Å². The molecule has 0 aliphatic carbocycles. The number of rotatable bonds is 9. The van der Waals surface area contributed by atoms with Gasteiger partial charge in [-0.3, -0.25) is 4.79 Å². The number of carbonyl (C=O) groups is 3. The maximum absolute atomic E-state index is 13.1. The number of likely N-dealkylation sites (N-methyl/N-ethyl adjacent to an activating group) is 2. The third-order valence-corrected chi connectivity index (χ3v) is 6.30. The molecule has 3 amide bonds. The number of halogens is 1. The van der Waals surface area contributed by atoms with Gasteiger partial charge in [0.2, 0.25) is 5.91 Å². The summed E-state index contributed by atoms with van der Waals surface area (Å²) in [6.45, 7) is 1.24. The maximum Gasteiger partial charge on any atom is 0.334 e. The van der Waals surface area contributed by atoms with E-state index in [0.29, 0.717) is 32.3 Å². The van der Waals surface area contributed by atoms with E-state index in [1.807, 2.05) is 78.7 Å². The van der Waals surface area contributed by atoms with Gasteiger partial charge in [0, 0.05) is 26.7 Å². The van der Waals surface area contributed by atoms with Gasteiger partial charge in [0.15, 0.2) is 0 Å². The zero-order valence-corrected chi connectivity index (χ0v) is 22.4. The van der Waals surface area contributed by atoms with Gasteiger partial charge in [-0.25, -0.2) is 19.2 Å². The number of nitrogens with one attached hydrogen (secondary N) is 1. The lowest BCUT2D eigenvalue weighted by Gasteiger charge is -2.48. The summed E-state index contributed by atoms with van der Waals surface area (Å²) < 4.78 is 13.1. The van der Waals surface area contributed by atoms with Crippen molar-refractivity contribution < 1.29 is 18.8 Å². The number of carbonyl (C=O) groups excluding carboxylic acids is 3. The van der Waals surface area contributed by atoms with Crippen LogP contribution in [0.1, 0.15) is 11.1 Å². The molecule has 9 heteroatoms.